The van der Waals surface area contributed by atoms with E-state index in [-0.39, 0.29) is 23.8 Å². The Morgan fingerprint density at radius 1 is 1.33 bits per heavy atom. The van der Waals surface area contributed by atoms with E-state index in [2.05, 4.69) is 10.6 Å². The lowest BCUT2D eigenvalue weighted by Gasteiger charge is -2.08. The topological polar surface area (TPSA) is 95.5 Å². The summed E-state index contributed by atoms with van der Waals surface area (Å²) in [6.45, 7) is 1.53. The molecule has 1 aromatic rings. The lowest BCUT2D eigenvalue weighted by atomic mass is 10.1. The molecule has 0 unspecified atom stereocenters. The number of hydrogen-bond acceptors (Lipinski definition) is 4. The van der Waals surface area contributed by atoms with Crippen molar-refractivity contribution in [3.8, 4) is 0 Å². The van der Waals surface area contributed by atoms with Crippen LogP contribution < -0.4 is 10.6 Å². The first-order chi connectivity index (χ1) is 9.90. The highest BCUT2D eigenvalue weighted by atomic mass is 32.2. The Morgan fingerprint density at radius 3 is 2.67 bits per heavy atom. The number of carboxylic acids is 1. The molecule has 6 nitrogen and oxygen atoms in total. The van der Waals surface area contributed by atoms with E-state index in [0.29, 0.717) is 11.4 Å². The summed E-state index contributed by atoms with van der Waals surface area (Å²) in [6.07, 6.45) is 0. The molecule has 0 saturated heterocycles. The number of anilines is 1. The fourth-order valence-corrected chi connectivity index (χ4v) is 2.04. The van der Waals surface area contributed by atoms with Crippen LogP contribution >= 0.6 is 11.8 Å². The molecule has 21 heavy (non-hydrogen) atoms. The summed E-state index contributed by atoms with van der Waals surface area (Å²) >= 11 is 1.15. The number of aliphatic carboxylic acids is 1. The lowest BCUT2D eigenvalue weighted by molar-refractivity contribution is -0.133. The van der Waals surface area contributed by atoms with Gasteiger partial charge in [-0.1, -0.05) is 0 Å². The van der Waals surface area contributed by atoms with Crippen LogP contribution in [0, 0.1) is 5.82 Å². The van der Waals surface area contributed by atoms with Crippen molar-refractivity contribution in [2.45, 2.75) is 6.92 Å². The second-order valence-electron chi connectivity index (χ2n) is 4.08. The van der Waals surface area contributed by atoms with Gasteiger partial charge in [0.15, 0.2) is 0 Å². The number of hydrogen-bond donors (Lipinski definition) is 3. The van der Waals surface area contributed by atoms with Crippen LogP contribution in [0.2, 0.25) is 0 Å². The molecule has 2 amide bonds. The molecule has 0 aliphatic heterocycles. The molecule has 0 spiro atoms. The minimum absolute atomic E-state index is 0.0533. The third kappa shape index (κ3) is 6.26. The second kappa shape index (κ2) is 8.25. The van der Waals surface area contributed by atoms with Crippen molar-refractivity contribution in [3.05, 3.63) is 29.6 Å². The number of rotatable bonds is 7. The Bertz CT molecular complexity index is 551. The number of carbonyl (C=O) groups excluding carboxylic acids is 2. The Morgan fingerprint density at radius 2 is 2.05 bits per heavy atom. The molecular weight excluding hydrogens is 299 g/mol. The van der Waals surface area contributed by atoms with Crippen molar-refractivity contribution >= 4 is 35.2 Å². The molecule has 1 aromatic carbocycles. The molecule has 0 atom stereocenters. The number of carboxylic acid groups (broad SMARTS) is 1. The van der Waals surface area contributed by atoms with Gasteiger partial charge in [0.05, 0.1) is 11.3 Å². The van der Waals surface area contributed by atoms with Gasteiger partial charge in [0.25, 0.3) is 5.91 Å². The van der Waals surface area contributed by atoms with Crippen LogP contribution in [0.4, 0.5) is 10.1 Å². The molecular formula is C13H15FN2O4S. The molecule has 0 radical (unpaired) electrons. The molecule has 0 fully saturated rings. The summed E-state index contributed by atoms with van der Waals surface area (Å²) in [4.78, 5) is 33.0. The fourth-order valence-electron chi connectivity index (χ4n) is 1.47. The Kier molecular flexibility index (Phi) is 6.67. The van der Waals surface area contributed by atoms with Crippen LogP contribution in [0.3, 0.4) is 0 Å². The van der Waals surface area contributed by atoms with E-state index >= 15 is 0 Å². The average Bonchev–Trinajstić information content (AvgIpc) is 2.39. The number of nitrogens with one attached hydrogen (secondary N) is 2. The number of halogens is 1. The molecule has 114 valence electrons. The first-order valence-electron chi connectivity index (χ1n) is 6.05. The first-order valence-corrected chi connectivity index (χ1v) is 7.20. The summed E-state index contributed by atoms with van der Waals surface area (Å²) in [5, 5.41) is 13.4. The van der Waals surface area contributed by atoms with E-state index in [4.69, 9.17) is 5.11 Å². The Labute approximate surface area is 125 Å². The van der Waals surface area contributed by atoms with Crippen molar-refractivity contribution in [1.29, 1.82) is 0 Å². The van der Waals surface area contributed by atoms with E-state index in [9.17, 15) is 18.8 Å². The standard InChI is InChI=1S/C13H15FN2O4S/c1-8(17)16-9-2-3-11(14)10(6-9)13(20)15-4-5-21-7-12(18)19/h2-3,6H,4-5,7H2,1H3,(H,15,20)(H,16,17)(H,18,19). The molecule has 1 rings (SSSR count). The van der Waals surface area contributed by atoms with Gasteiger partial charge in [-0.2, -0.15) is 0 Å². The van der Waals surface area contributed by atoms with Gasteiger partial charge in [0.1, 0.15) is 5.82 Å². The van der Waals surface area contributed by atoms with Gasteiger partial charge in [0.2, 0.25) is 5.91 Å². The summed E-state index contributed by atoms with van der Waals surface area (Å²) < 4.78 is 13.6. The van der Waals surface area contributed by atoms with E-state index < -0.39 is 17.7 Å². The third-order valence-corrected chi connectivity index (χ3v) is 3.23. The molecule has 0 heterocycles. The quantitative estimate of drug-likeness (QED) is 0.660. The predicted octanol–water partition coefficient (Wildman–Crippen LogP) is 1.33. The van der Waals surface area contributed by atoms with Crippen molar-refractivity contribution in [2.24, 2.45) is 0 Å². The highest BCUT2D eigenvalue weighted by molar-refractivity contribution is 7.99. The molecule has 8 heteroatoms. The number of carbonyl (C=O) groups is 3. The molecule has 0 aliphatic carbocycles. The molecule has 3 N–H and O–H groups in total. The number of amides is 2. The fraction of sp³-hybridized carbons (Fsp3) is 0.308. The van der Waals surface area contributed by atoms with Crippen LogP contribution in [0.5, 0.6) is 0 Å². The van der Waals surface area contributed by atoms with Crippen molar-refractivity contribution in [3.63, 3.8) is 0 Å². The van der Waals surface area contributed by atoms with Crippen LogP contribution in [-0.2, 0) is 9.59 Å². The minimum Gasteiger partial charge on any atom is -0.481 e. The normalized spacial score (nSPS) is 10.0. The van der Waals surface area contributed by atoms with Crippen LogP contribution in [0.25, 0.3) is 0 Å². The minimum atomic E-state index is -0.930. The van der Waals surface area contributed by atoms with Gasteiger partial charge >= 0.3 is 5.97 Å². The third-order valence-electron chi connectivity index (χ3n) is 2.29. The predicted molar refractivity (Wildman–Crippen MR) is 78.0 cm³/mol. The van der Waals surface area contributed by atoms with Gasteiger partial charge in [-0.05, 0) is 18.2 Å². The van der Waals surface area contributed by atoms with Gasteiger partial charge in [-0.3, -0.25) is 14.4 Å². The summed E-state index contributed by atoms with van der Waals surface area (Å²) in [5.41, 5.74) is 0.152. The van der Waals surface area contributed by atoms with Gasteiger partial charge < -0.3 is 15.7 Å². The average molecular weight is 314 g/mol. The van der Waals surface area contributed by atoms with Gasteiger partial charge in [0, 0.05) is 24.9 Å². The lowest BCUT2D eigenvalue weighted by Crippen LogP contribution is -2.27. The van der Waals surface area contributed by atoms with E-state index in [1.807, 2.05) is 0 Å². The monoisotopic (exact) mass is 314 g/mol. The first kappa shape index (κ1) is 17.0. The highest BCUT2D eigenvalue weighted by Gasteiger charge is 2.12. The summed E-state index contributed by atoms with van der Waals surface area (Å²) in [5.74, 6) is -2.21. The molecule has 0 saturated carbocycles. The highest BCUT2D eigenvalue weighted by Crippen LogP contribution is 2.14. The van der Waals surface area contributed by atoms with E-state index in [1.165, 1.54) is 19.1 Å². The van der Waals surface area contributed by atoms with Crippen LogP contribution in [0.15, 0.2) is 18.2 Å². The second-order valence-corrected chi connectivity index (χ2v) is 5.18. The number of benzene rings is 1. The van der Waals surface area contributed by atoms with Crippen LogP contribution in [0.1, 0.15) is 17.3 Å². The van der Waals surface area contributed by atoms with Crippen molar-refractivity contribution < 1.29 is 23.9 Å². The molecule has 0 aliphatic rings. The van der Waals surface area contributed by atoms with Crippen LogP contribution in [-0.4, -0.2) is 40.9 Å². The zero-order valence-electron chi connectivity index (χ0n) is 11.3. The molecule has 0 bridgehead atoms. The maximum atomic E-state index is 13.6. The maximum Gasteiger partial charge on any atom is 0.313 e. The largest absolute Gasteiger partial charge is 0.481 e. The maximum absolute atomic E-state index is 13.6. The van der Waals surface area contributed by atoms with Gasteiger partial charge in [-0.15, -0.1) is 11.8 Å². The summed E-state index contributed by atoms with van der Waals surface area (Å²) in [6, 6.07) is 3.70. The zero-order valence-corrected chi connectivity index (χ0v) is 12.1. The number of thioether (sulfide) groups is 1. The van der Waals surface area contributed by atoms with E-state index in [0.717, 1.165) is 17.8 Å². The Hall–Kier alpha value is -2.09. The zero-order chi connectivity index (χ0) is 15.8. The smallest absolute Gasteiger partial charge is 0.313 e. The van der Waals surface area contributed by atoms with Gasteiger partial charge in [-0.25, -0.2) is 4.39 Å². The van der Waals surface area contributed by atoms with E-state index in [1.54, 1.807) is 0 Å². The van der Waals surface area contributed by atoms with Crippen molar-refractivity contribution in [1.82, 2.24) is 5.32 Å². The Balaban J connectivity index is 2.56. The SMILES string of the molecule is CC(=O)Nc1ccc(F)c(C(=O)NCCSCC(=O)O)c1. The summed E-state index contributed by atoms with van der Waals surface area (Å²) in [7, 11) is 0. The van der Waals surface area contributed by atoms with Crippen molar-refractivity contribution in [2.75, 3.05) is 23.4 Å². The molecule has 0 aromatic heterocycles.